The fraction of sp³-hybridized carbons (Fsp3) is 0.294. The first kappa shape index (κ1) is 16.3. The summed E-state index contributed by atoms with van der Waals surface area (Å²) < 4.78 is 38.9. The van der Waals surface area contributed by atoms with E-state index < -0.39 is 23.2 Å². The number of pyridine rings is 1. The van der Waals surface area contributed by atoms with Gasteiger partial charge in [-0.3, -0.25) is 4.79 Å². The Kier molecular flexibility index (Phi) is 4.42. The molecule has 0 saturated carbocycles. The van der Waals surface area contributed by atoms with Crippen molar-refractivity contribution in [3.05, 3.63) is 53.7 Å². The van der Waals surface area contributed by atoms with Gasteiger partial charge in [-0.2, -0.15) is 13.2 Å². The molecule has 0 spiro atoms. The zero-order chi connectivity index (χ0) is 17.2. The lowest BCUT2D eigenvalue weighted by Crippen LogP contribution is -2.20. The lowest BCUT2D eigenvalue weighted by molar-refractivity contribution is -0.137. The normalized spacial score (nSPS) is 14.7. The van der Waals surface area contributed by atoms with Crippen molar-refractivity contribution in [1.82, 2.24) is 4.98 Å². The summed E-state index contributed by atoms with van der Waals surface area (Å²) in [6, 6.07) is 8.12. The summed E-state index contributed by atoms with van der Waals surface area (Å²) in [5.74, 6) is -0.000150. The third-order valence-electron chi connectivity index (χ3n) is 3.91. The van der Waals surface area contributed by atoms with Gasteiger partial charge in [0.15, 0.2) is 0 Å². The smallest absolute Gasteiger partial charge is 0.357 e. The molecule has 126 valence electrons. The predicted octanol–water partition coefficient (Wildman–Crippen LogP) is 3.95. The molecule has 1 aromatic carbocycles. The molecule has 1 aliphatic heterocycles. The van der Waals surface area contributed by atoms with Gasteiger partial charge in [0, 0.05) is 13.1 Å². The lowest BCUT2D eigenvalue weighted by Gasteiger charge is -2.16. The average molecular weight is 335 g/mol. The summed E-state index contributed by atoms with van der Waals surface area (Å²) in [4.78, 5) is 18.6. The highest BCUT2D eigenvalue weighted by atomic mass is 19.4. The number of nitrogens with one attached hydrogen (secondary N) is 1. The lowest BCUT2D eigenvalue weighted by atomic mass is 10.1. The molecule has 2 heterocycles. The zero-order valence-electron chi connectivity index (χ0n) is 12.8. The maximum atomic E-state index is 13.0. The van der Waals surface area contributed by atoms with Crippen molar-refractivity contribution in [3.63, 3.8) is 0 Å². The monoisotopic (exact) mass is 335 g/mol. The highest BCUT2D eigenvalue weighted by molar-refractivity contribution is 6.05. The molecule has 0 aliphatic carbocycles. The van der Waals surface area contributed by atoms with Crippen LogP contribution < -0.4 is 10.2 Å². The van der Waals surface area contributed by atoms with Crippen molar-refractivity contribution in [1.29, 1.82) is 0 Å². The number of nitrogens with zero attached hydrogens (tertiary/aromatic N) is 2. The first-order valence-corrected chi connectivity index (χ1v) is 7.64. The summed E-state index contributed by atoms with van der Waals surface area (Å²) in [7, 11) is 0. The van der Waals surface area contributed by atoms with Crippen LogP contribution in [0.1, 0.15) is 28.8 Å². The predicted molar refractivity (Wildman–Crippen MR) is 85.1 cm³/mol. The van der Waals surface area contributed by atoms with Gasteiger partial charge < -0.3 is 10.2 Å². The molecule has 1 saturated heterocycles. The molecule has 1 amide bonds. The van der Waals surface area contributed by atoms with Crippen LogP contribution in [-0.4, -0.2) is 24.0 Å². The van der Waals surface area contributed by atoms with Crippen molar-refractivity contribution < 1.29 is 18.0 Å². The summed E-state index contributed by atoms with van der Waals surface area (Å²) in [6.07, 6.45) is -0.879. The Bertz CT molecular complexity index is 723. The number of amides is 1. The Morgan fingerprint density at radius 2 is 1.79 bits per heavy atom. The van der Waals surface area contributed by atoms with E-state index in [1.54, 1.807) is 12.1 Å². The van der Waals surface area contributed by atoms with E-state index in [2.05, 4.69) is 15.2 Å². The van der Waals surface area contributed by atoms with Gasteiger partial charge in [-0.25, -0.2) is 4.98 Å². The van der Waals surface area contributed by atoms with Crippen LogP contribution in [0.25, 0.3) is 0 Å². The van der Waals surface area contributed by atoms with E-state index in [-0.39, 0.29) is 0 Å². The summed E-state index contributed by atoms with van der Waals surface area (Å²) in [5.41, 5.74) is -1.00. The number of aromatic nitrogens is 1. The van der Waals surface area contributed by atoms with E-state index >= 15 is 0 Å². The number of hydrogen-bond donors (Lipinski definition) is 1. The highest BCUT2D eigenvalue weighted by Crippen LogP contribution is 2.32. The standard InChI is InChI=1S/C17H16F3N3O/c18-17(19,20)14-6-2-1-5-13(14)16(24)22-12-7-8-15(21-11-12)23-9-3-4-10-23/h1-2,5-8,11H,3-4,9-10H2,(H,22,24). The molecular weight excluding hydrogens is 319 g/mol. The van der Waals surface area contributed by atoms with Crippen LogP contribution in [0, 0.1) is 0 Å². The SMILES string of the molecule is O=C(Nc1ccc(N2CCCC2)nc1)c1ccccc1C(F)(F)F. The molecule has 0 radical (unpaired) electrons. The van der Waals surface area contributed by atoms with E-state index in [9.17, 15) is 18.0 Å². The summed E-state index contributed by atoms with van der Waals surface area (Å²) in [6.45, 7) is 1.88. The quantitative estimate of drug-likeness (QED) is 0.924. The second-order valence-corrected chi connectivity index (χ2v) is 5.60. The second kappa shape index (κ2) is 6.51. The van der Waals surface area contributed by atoms with E-state index in [1.165, 1.54) is 18.3 Å². The number of hydrogen-bond acceptors (Lipinski definition) is 3. The molecule has 1 fully saturated rings. The maximum Gasteiger partial charge on any atom is 0.417 e. The van der Waals surface area contributed by atoms with E-state index in [4.69, 9.17) is 0 Å². The van der Waals surface area contributed by atoms with E-state index in [0.29, 0.717) is 5.69 Å². The van der Waals surface area contributed by atoms with Crippen LogP contribution in [0.4, 0.5) is 24.7 Å². The third kappa shape index (κ3) is 3.50. The number of carbonyl (C=O) groups is 1. The molecule has 24 heavy (non-hydrogen) atoms. The first-order chi connectivity index (χ1) is 11.4. The van der Waals surface area contributed by atoms with Crippen molar-refractivity contribution >= 4 is 17.4 Å². The summed E-state index contributed by atoms with van der Waals surface area (Å²) >= 11 is 0. The molecule has 0 bridgehead atoms. The Balaban J connectivity index is 1.76. The number of carbonyl (C=O) groups excluding carboxylic acids is 1. The van der Waals surface area contributed by atoms with Gasteiger partial charge in [-0.15, -0.1) is 0 Å². The molecular formula is C17H16F3N3O. The van der Waals surface area contributed by atoms with Gasteiger partial charge in [0.05, 0.1) is 23.0 Å². The molecule has 1 aromatic heterocycles. The zero-order valence-corrected chi connectivity index (χ0v) is 12.8. The molecule has 0 unspecified atom stereocenters. The van der Waals surface area contributed by atoms with Gasteiger partial charge in [-0.1, -0.05) is 12.1 Å². The van der Waals surface area contributed by atoms with Gasteiger partial charge >= 0.3 is 6.18 Å². The topological polar surface area (TPSA) is 45.2 Å². The third-order valence-corrected chi connectivity index (χ3v) is 3.91. The molecule has 3 rings (SSSR count). The summed E-state index contributed by atoms with van der Waals surface area (Å²) in [5, 5.41) is 2.47. The van der Waals surface area contributed by atoms with Crippen LogP contribution in [0.3, 0.4) is 0 Å². The molecule has 4 nitrogen and oxygen atoms in total. The van der Waals surface area contributed by atoms with Crippen LogP contribution in [0.2, 0.25) is 0 Å². The Hall–Kier alpha value is -2.57. The van der Waals surface area contributed by atoms with Gasteiger partial charge in [0.2, 0.25) is 0 Å². The number of benzene rings is 1. The highest BCUT2D eigenvalue weighted by Gasteiger charge is 2.34. The largest absolute Gasteiger partial charge is 0.417 e. The van der Waals surface area contributed by atoms with Crippen LogP contribution in [0.15, 0.2) is 42.6 Å². The van der Waals surface area contributed by atoms with E-state index in [1.807, 2.05) is 0 Å². The van der Waals surface area contributed by atoms with Crippen molar-refractivity contribution in [3.8, 4) is 0 Å². The van der Waals surface area contributed by atoms with Gasteiger partial charge in [-0.05, 0) is 37.1 Å². The minimum absolute atomic E-state index is 0.361. The van der Waals surface area contributed by atoms with Gasteiger partial charge in [0.1, 0.15) is 5.82 Å². The number of alkyl halides is 3. The fourth-order valence-electron chi connectivity index (χ4n) is 2.72. The number of rotatable bonds is 3. The molecule has 1 aliphatic rings. The Morgan fingerprint density at radius 3 is 2.42 bits per heavy atom. The van der Waals surface area contributed by atoms with Gasteiger partial charge in [0.25, 0.3) is 5.91 Å². The van der Waals surface area contributed by atoms with Crippen molar-refractivity contribution in [2.75, 3.05) is 23.3 Å². The minimum atomic E-state index is -4.58. The first-order valence-electron chi connectivity index (χ1n) is 7.64. The number of anilines is 2. The van der Waals surface area contributed by atoms with Crippen LogP contribution in [0.5, 0.6) is 0 Å². The molecule has 7 heteroatoms. The number of halogens is 3. The average Bonchev–Trinajstić information content (AvgIpc) is 3.09. The van der Waals surface area contributed by atoms with Crippen LogP contribution in [-0.2, 0) is 6.18 Å². The van der Waals surface area contributed by atoms with Crippen LogP contribution >= 0.6 is 0 Å². The second-order valence-electron chi connectivity index (χ2n) is 5.60. The fourth-order valence-corrected chi connectivity index (χ4v) is 2.72. The van der Waals surface area contributed by atoms with Crippen molar-refractivity contribution in [2.45, 2.75) is 19.0 Å². The molecule has 0 atom stereocenters. The van der Waals surface area contributed by atoms with E-state index in [0.717, 1.165) is 43.9 Å². The molecule has 1 N–H and O–H groups in total. The molecule has 2 aromatic rings. The maximum absolute atomic E-state index is 13.0. The van der Waals surface area contributed by atoms with Crippen molar-refractivity contribution in [2.24, 2.45) is 0 Å². The minimum Gasteiger partial charge on any atom is -0.357 e. The Labute approximate surface area is 137 Å². The Morgan fingerprint density at radius 1 is 1.08 bits per heavy atom.